The van der Waals surface area contributed by atoms with Gasteiger partial charge in [-0.2, -0.15) is 4.31 Å². The van der Waals surface area contributed by atoms with Crippen LogP contribution in [0.15, 0.2) is 30.3 Å². The highest BCUT2D eigenvalue weighted by molar-refractivity contribution is 7.89. The zero-order chi connectivity index (χ0) is 17.3. The summed E-state index contributed by atoms with van der Waals surface area (Å²) in [6.45, 7) is 4.39. The highest BCUT2D eigenvalue weighted by Crippen LogP contribution is 2.34. The number of benzene rings is 1. The molecule has 2 bridgehead atoms. The smallest absolute Gasteiger partial charge is 0.230 e. The number of amides is 1. The van der Waals surface area contributed by atoms with Crippen LogP contribution in [-0.2, 0) is 19.6 Å². The maximum atomic E-state index is 12.5. The molecule has 3 atom stereocenters. The van der Waals surface area contributed by atoms with E-state index in [4.69, 9.17) is 4.74 Å². The van der Waals surface area contributed by atoms with E-state index in [1.165, 1.54) is 4.31 Å². The van der Waals surface area contributed by atoms with Gasteiger partial charge in [-0.25, -0.2) is 8.42 Å². The molecule has 2 heterocycles. The molecule has 3 rings (SSSR count). The van der Waals surface area contributed by atoms with Gasteiger partial charge < -0.3 is 10.1 Å². The Bertz CT molecular complexity index is 690. The molecule has 0 spiro atoms. The Morgan fingerprint density at radius 1 is 1.29 bits per heavy atom. The van der Waals surface area contributed by atoms with E-state index in [0.29, 0.717) is 13.0 Å². The van der Waals surface area contributed by atoms with Crippen LogP contribution in [0, 0.1) is 11.8 Å². The van der Waals surface area contributed by atoms with Crippen molar-refractivity contribution in [2.24, 2.45) is 11.8 Å². The number of morpholine rings is 1. The molecule has 2 fully saturated rings. The van der Waals surface area contributed by atoms with Crippen molar-refractivity contribution in [2.45, 2.75) is 32.5 Å². The van der Waals surface area contributed by atoms with E-state index in [1.807, 2.05) is 44.2 Å². The summed E-state index contributed by atoms with van der Waals surface area (Å²) in [6.07, 6.45) is 0.00318. The van der Waals surface area contributed by atoms with Crippen LogP contribution in [0.4, 0.5) is 5.69 Å². The molecule has 2 aliphatic heterocycles. The lowest BCUT2D eigenvalue weighted by Crippen LogP contribution is -2.48. The van der Waals surface area contributed by atoms with Crippen molar-refractivity contribution in [2.75, 3.05) is 24.2 Å². The quantitative estimate of drug-likeness (QED) is 0.875. The van der Waals surface area contributed by atoms with Gasteiger partial charge in [0, 0.05) is 18.8 Å². The average Bonchev–Trinajstić information content (AvgIpc) is 2.81. The number of anilines is 1. The summed E-state index contributed by atoms with van der Waals surface area (Å²) in [7, 11) is -3.29. The SMILES string of the molecule is CC(C)CS(=O)(=O)N1C[C@H]2C[C@H](C(=O)Nc3ccccc3)[C@@H](C1)O2. The number of fused-ring (bicyclic) bond motifs is 2. The zero-order valence-corrected chi connectivity index (χ0v) is 14.8. The fourth-order valence-corrected chi connectivity index (χ4v) is 5.23. The van der Waals surface area contributed by atoms with Gasteiger partial charge in [0.15, 0.2) is 0 Å². The van der Waals surface area contributed by atoms with Crippen LogP contribution in [0.3, 0.4) is 0 Å². The second-order valence-corrected chi connectivity index (χ2v) is 9.00. The highest BCUT2D eigenvalue weighted by atomic mass is 32.2. The molecule has 1 aromatic rings. The molecule has 7 heteroatoms. The first-order valence-electron chi connectivity index (χ1n) is 8.34. The molecular weight excluding hydrogens is 328 g/mol. The zero-order valence-electron chi connectivity index (χ0n) is 14.0. The molecule has 0 unspecified atom stereocenters. The third kappa shape index (κ3) is 3.79. The average molecular weight is 352 g/mol. The molecule has 132 valence electrons. The lowest BCUT2D eigenvalue weighted by Gasteiger charge is -2.32. The molecule has 0 aliphatic carbocycles. The first kappa shape index (κ1) is 17.4. The maximum absolute atomic E-state index is 12.5. The topological polar surface area (TPSA) is 75.7 Å². The van der Waals surface area contributed by atoms with Crippen molar-refractivity contribution in [3.63, 3.8) is 0 Å². The number of hydrogen-bond donors (Lipinski definition) is 1. The molecular formula is C17H24N2O4S. The predicted octanol–water partition coefficient (Wildman–Crippen LogP) is 1.70. The summed E-state index contributed by atoms with van der Waals surface area (Å²) in [6, 6.07) is 9.27. The fourth-order valence-electron chi connectivity index (χ4n) is 3.41. The van der Waals surface area contributed by atoms with Crippen molar-refractivity contribution >= 4 is 21.6 Å². The Balaban J connectivity index is 1.67. The Morgan fingerprint density at radius 2 is 2.00 bits per heavy atom. The number of ether oxygens (including phenoxy) is 1. The maximum Gasteiger partial charge on any atom is 0.230 e. The van der Waals surface area contributed by atoms with Crippen LogP contribution in [0.2, 0.25) is 0 Å². The Morgan fingerprint density at radius 3 is 2.67 bits per heavy atom. The minimum Gasteiger partial charge on any atom is -0.371 e. The van der Waals surface area contributed by atoms with E-state index in [2.05, 4.69) is 5.32 Å². The van der Waals surface area contributed by atoms with Crippen molar-refractivity contribution in [1.82, 2.24) is 4.31 Å². The molecule has 1 N–H and O–H groups in total. The first-order chi connectivity index (χ1) is 11.3. The van der Waals surface area contributed by atoms with Crippen LogP contribution < -0.4 is 5.32 Å². The standard InChI is InChI=1S/C17H24N2O4S/c1-12(2)11-24(21,22)19-9-14-8-15(16(10-19)23-14)17(20)18-13-6-4-3-5-7-13/h3-7,12,14-16H,8-11H2,1-2H3,(H,18,20)/t14-,15+,16-/m1/s1. The number of carbonyl (C=O) groups is 1. The van der Waals surface area contributed by atoms with E-state index < -0.39 is 10.0 Å². The molecule has 1 amide bonds. The summed E-state index contributed by atoms with van der Waals surface area (Å²) >= 11 is 0. The second kappa shape index (κ2) is 6.82. The molecule has 2 aliphatic rings. The van der Waals surface area contributed by atoms with Crippen LogP contribution in [-0.4, -0.2) is 49.7 Å². The van der Waals surface area contributed by atoms with E-state index in [0.717, 1.165) is 5.69 Å². The van der Waals surface area contributed by atoms with Crippen molar-refractivity contribution in [3.8, 4) is 0 Å². The Hall–Kier alpha value is -1.44. The minimum absolute atomic E-state index is 0.0766. The van der Waals surface area contributed by atoms with Gasteiger partial charge in [-0.05, 0) is 24.5 Å². The van der Waals surface area contributed by atoms with E-state index in [1.54, 1.807) is 0 Å². The Kier molecular flexibility index (Phi) is 4.94. The van der Waals surface area contributed by atoms with E-state index in [9.17, 15) is 13.2 Å². The van der Waals surface area contributed by atoms with Crippen molar-refractivity contribution in [3.05, 3.63) is 30.3 Å². The van der Waals surface area contributed by atoms with Crippen LogP contribution >= 0.6 is 0 Å². The summed E-state index contributed by atoms with van der Waals surface area (Å²) in [5.41, 5.74) is 0.744. The predicted molar refractivity (Wildman–Crippen MR) is 92.0 cm³/mol. The summed E-state index contributed by atoms with van der Waals surface area (Å²) in [5, 5.41) is 2.90. The van der Waals surface area contributed by atoms with Gasteiger partial charge in [0.25, 0.3) is 0 Å². The summed E-state index contributed by atoms with van der Waals surface area (Å²) < 4.78 is 32.2. The second-order valence-electron chi connectivity index (χ2n) is 6.98. The molecule has 1 aromatic carbocycles. The molecule has 0 aromatic heterocycles. The number of para-hydroxylation sites is 1. The van der Waals surface area contributed by atoms with Crippen LogP contribution in [0.5, 0.6) is 0 Å². The van der Waals surface area contributed by atoms with E-state index in [-0.39, 0.29) is 42.2 Å². The van der Waals surface area contributed by atoms with Gasteiger partial charge in [0.2, 0.25) is 15.9 Å². The molecule has 24 heavy (non-hydrogen) atoms. The third-order valence-electron chi connectivity index (χ3n) is 4.44. The van der Waals surface area contributed by atoms with Crippen LogP contribution in [0.25, 0.3) is 0 Å². The fraction of sp³-hybridized carbons (Fsp3) is 0.588. The number of sulfonamides is 1. The highest BCUT2D eigenvalue weighted by Gasteiger charge is 2.47. The number of rotatable bonds is 5. The normalized spacial score (nSPS) is 27.4. The van der Waals surface area contributed by atoms with Crippen molar-refractivity contribution in [1.29, 1.82) is 0 Å². The number of nitrogens with one attached hydrogen (secondary N) is 1. The van der Waals surface area contributed by atoms with Gasteiger partial charge in [-0.15, -0.1) is 0 Å². The van der Waals surface area contributed by atoms with Gasteiger partial charge in [-0.1, -0.05) is 32.0 Å². The number of carbonyl (C=O) groups excluding carboxylic acids is 1. The lowest BCUT2D eigenvalue weighted by molar-refractivity contribution is -0.122. The minimum atomic E-state index is -3.29. The lowest BCUT2D eigenvalue weighted by atomic mass is 9.99. The van der Waals surface area contributed by atoms with Crippen molar-refractivity contribution < 1.29 is 17.9 Å². The van der Waals surface area contributed by atoms with Gasteiger partial charge in [-0.3, -0.25) is 4.79 Å². The molecule has 0 saturated carbocycles. The number of nitrogens with zero attached hydrogens (tertiary/aromatic N) is 1. The molecule has 0 radical (unpaired) electrons. The summed E-state index contributed by atoms with van der Waals surface area (Å²) in [5.74, 6) is -0.202. The Labute approximate surface area is 143 Å². The third-order valence-corrected chi connectivity index (χ3v) is 6.61. The molecule has 2 saturated heterocycles. The molecule has 6 nitrogen and oxygen atoms in total. The van der Waals surface area contributed by atoms with Crippen LogP contribution in [0.1, 0.15) is 20.3 Å². The summed E-state index contributed by atoms with van der Waals surface area (Å²) in [4.78, 5) is 12.5. The number of hydrogen-bond acceptors (Lipinski definition) is 4. The van der Waals surface area contributed by atoms with Gasteiger partial charge >= 0.3 is 0 Å². The largest absolute Gasteiger partial charge is 0.371 e. The van der Waals surface area contributed by atoms with E-state index >= 15 is 0 Å². The van der Waals surface area contributed by atoms with Gasteiger partial charge in [0.1, 0.15) is 0 Å². The first-order valence-corrected chi connectivity index (χ1v) is 9.95. The monoisotopic (exact) mass is 352 g/mol. The van der Waals surface area contributed by atoms with Gasteiger partial charge in [0.05, 0.1) is 23.9 Å².